The van der Waals surface area contributed by atoms with Crippen molar-refractivity contribution in [2.75, 3.05) is 0 Å². The molecule has 2 aromatic heterocycles. The number of hydrogen-bond acceptors (Lipinski definition) is 4. The van der Waals surface area contributed by atoms with E-state index in [9.17, 15) is 9.90 Å². The molecule has 0 spiro atoms. The van der Waals surface area contributed by atoms with E-state index in [0.717, 1.165) is 22.5 Å². The van der Waals surface area contributed by atoms with E-state index in [1.54, 1.807) is 6.92 Å². The van der Waals surface area contributed by atoms with Gasteiger partial charge < -0.3 is 5.11 Å². The van der Waals surface area contributed by atoms with Gasteiger partial charge in [0.05, 0.1) is 17.1 Å². The van der Waals surface area contributed by atoms with Crippen molar-refractivity contribution in [3.63, 3.8) is 0 Å². The summed E-state index contributed by atoms with van der Waals surface area (Å²) in [4.78, 5) is 24.8. The van der Waals surface area contributed by atoms with Crippen LogP contribution in [0.4, 0.5) is 0 Å². The third-order valence-corrected chi connectivity index (χ3v) is 3.67. The van der Waals surface area contributed by atoms with Gasteiger partial charge in [-0.15, -0.1) is 0 Å². The van der Waals surface area contributed by atoms with E-state index < -0.39 is 5.97 Å². The highest BCUT2D eigenvalue weighted by Crippen LogP contribution is 2.30. The van der Waals surface area contributed by atoms with Crippen LogP contribution >= 0.6 is 0 Å². The van der Waals surface area contributed by atoms with Crippen LogP contribution in [-0.4, -0.2) is 26.0 Å². The molecule has 0 atom stereocenters. The van der Waals surface area contributed by atoms with Gasteiger partial charge >= 0.3 is 5.97 Å². The number of carboxylic acids is 1. The van der Waals surface area contributed by atoms with Crippen LogP contribution in [0.3, 0.4) is 0 Å². The standard InChI is InChI=1S/C19H17N3O2/c1-11-9-15(10-12(2)20-11)18-17(14-7-5-4-6-8-14)21-13(3)16(22-18)19(23)24/h4-10H,1-3H3,(H,23,24). The molecular formula is C19H17N3O2. The minimum Gasteiger partial charge on any atom is -0.476 e. The summed E-state index contributed by atoms with van der Waals surface area (Å²) in [7, 11) is 0. The van der Waals surface area contributed by atoms with Crippen molar-refractivity contribution >= 4 is 5.97 Å². The highest BCUT2D eigenvalue weighted by atomic mass is 16.4. The molecule has 0 fully saturated rings. The number of aryl methyl sites for hydroxylation is 3. The minimum absolute atomic E-state index is 0.0307. The summed E-state index contributed by atoms with van der Waals surface area (Å²) in [5.74, 6) is -1.08. The Morgan fingerprint density at radius 3 is 2.00 bits per heavy atom. The molecular weight excluding hydrogens is 302 g/mol. The second kappa shape index (κ2) is 6.20. The molecule has 3 aromatic rings. The third kappa shape index (κ3) is 3.01. The molecule has 0 aliphatic heterocycles. The molecule has 3 rings (SSSR count). The summed E-state index contributed by atoms with van der Waals surface area (Å²) in [5, 5.41) is 9.39. The predicted molar refractivity (Wildman–Crippen MR) is 91.9 cm³/mol. The second-order valence-electron chi connectivity index (χ2n) is 5.66. The molecule has 0 saturated heterocycles. The lowest BCUT2D eigenvalue weighted by Gasteiger charge is -2.12. The van der Waals surface area contributed by atoms with Gasteiger partial charge in [-0.1, -0.05) is 30.3 Å². The maximum atomic E-state index is 11.5. The maximum absolute atomic E-state index is 11.5. The lowest BCUT2D eigenvalue weighted by Crippen LogP contribution is -2.08. The van der Waals surface area contributed by atoms with Crippen molar-refractivity contribution in [3.8, 4) is 22.5 Å². The van der Waals surface area contributed by atoms with Gasteiger partial charge in [0.2, 0.25) is 0 Å². The Labute approximate surface area is 140 Å². The van der Waals surface area contributed by atoms with Crippen LogP contribution in [0.1, 0.15) is 27.6 Å². The normalized spacial score (nSPS) is 10.6. The highest BCUT2D eigenvalue weighted by Gasteiger charge is 2.18. The zero-order valence-corrected chi connectivity index (χ0v) is 13.7. The van der Waals surface area contributed by atoms with Crippen LogP contribution in [0.15, 0.2) is 42.5 Å². The molecule has 120 valence electrons. The Balaban J connectivity index is 2.32. The Bertz CT molecular complexity index is 901. The van der Waals surface area contributed by atoms with Crippen LogP contribution < -0.4 is 0 Å². The fourth-order valence-corrected chi connectivity index (χ4v) is 2.69. The topological polar surface area (TPSA) is 76.0 Å². The molecule has 2 heterocycles. The lowest BCUT2D eigenvalue weighted by atomic mass is 10.0. The quantitative estimate of drug-likeness (QED) is 0.794. The van der Waals surface area contributed by atoms with Crippen molar-refractivity contribution in [3.05, 3.63) is 65.2 Å². The summed E-state index contributed by atoms with van der Waals surface area (Å²) in [6.07, 6.45) is 0. The van der Waals surface area contributed by atoms with Gasteiger partial charge in [0.1, 0.15) is 0 Å². The van der Waals surface area contributed by atoms with E-state index in [-0.39, 0.29) is 5.69 Å². The van der Waals surface area contributed by atoms with Gasteiger partial charge in [-0.25, -0.2) is 14.8 Å². The number of pyridine rings is 1. The van der Waals surface area contributed by atoms with Crippen molar-refractivity contribution in [1.82, 2.24) is 15.0 Å². The van der Waals surface area contributed by atoms with E-state index in [2.05, 4.69) is 15.0 Å². The molecule has 24 heavy (non-hydrogen) atoms. The van der Waals surface area contributed by atoms with Crippen molar-refractivity contribution in [2.45, 2.75) is 20.8 Å². The van der Waals surface area contributed by atoms with Crippen LogP contribution in [0, 0.1) is 20.8 Å². The Kier molecular flexibility index (Phi) is 4.08. The third-order valence-electron chi connectivity index (χ3n) is 3.67. The molecule has 0 radical (unpaired) electrons. The van der Waals surface area contributed by atoms with Crippen LogP contribution in [0.2, 0.25) is 0 Å². The van der Waals surface area contributed by atoms with E-state index >= 15 is 0 Å². The second-order valence-corrected chi connectivity index (χ2v) is 5.66. The Morgan fingerprint density at radius 2 is 1.42 bits per heavy atom. The number of carboxylic acid groups (broad SMARTS) is 1. The highest BCUT2D eigenvalue weighted by molar-refractivity contribution is 5.89. The monoisotopic (exact) mass is 319 g/mol. The van der Waals surface area contributed by atoms with Gasteiger partial charge in [0.25, 0.3) is 0 Å². The van der Waals surface area contributed by atoms with Crippen molar-refractivity contribution in [2.24, 2.45) is 0 Å². The van der Waals surface area contributed by atoms with Crippen molar-refractivity contribution < 1.29 is 9.90 Å². The number of aromatic carboxylic acids is 1. The first-order valence-corrected chi connectivity index (χ1v) is 7.58. The van der Waals surface area contributed by atoms with Gasteiger partial charge in [0.15, 0.2) is 5.69 Å². The molecule has 0 amide bonds. The van der Waals surface area contributed by atoms with E-state index in [1.807, 2.05) is 56.3 Å². The zero-order chi connectivity index (χ0) is 17.3. The number of hydrogen-bond donors (Lipinski definition) is 1. The lowest BCUT2D eigenvalue weighted by molar-refractivity contribution is 0.0689. The van der Waals surface area contributed by atoms with E-state index in [4.69, 9.17) is 0 Å². The summed E-state index contributed by atoms with van der Waals surface area (Å²) < 4.78 is 0. The van der Waals surface area contributed by atoms with Gasteiger partial charge in [-0.2, -0.15) is 0 Å². The number of carbonyl (C=O) groups is 1. The summed E-state index contributed by atoms with van der Waals surface area (Å²) in [5.41, 5.74) is 5.00. The first-order chi connectivity index (χ1) is 11.5. The molecule has 0 aliphatic rings. The fourth-order valence-electron chi connectivity index (χ4n) is 2.69. The van der Waals surface area contributed by atoms with Gasteiger partial charge in [-0.3, -0.25) is 4.98 Å². The van der Waals surface area contributed by atoms with Crippen LogP contribution in [0.5, 0.6) is 0 Å². The van der Waals surface area contributed by atoms with E-state index in [1.165, 1.54) is 0 Å². The minimum atomic E-state index is -1.08. The van der Waals surface area contributed by atoms with Crippen LogP contribution in [0.25, 0.3) is 22.5 Å². The van der Waals surface area contributed by atoms with Crippen molar-refractivity contribution in [1.29, 1.82) is 0 Å². The SMILES string of the molecule is Cc1cc(-c2nc(C(=O)O)c(C)nc2-c2ccccc2)cc(C)n1. The average molecular weight is 319 g/mol. The molecule has 1 N–H and O–H groups in total. The first kappa shape index (κ1) is 15.8. The van der Waals surface area contributed by atoms with Crippen LogP contribution in [-0.2, 0) is 0 Å². The largest absolute Gasteiger partial charge is 0.476 e. The summed E-state index contributed by atoms with van der Waals surface area (Å²) in [6, 6.07) is 13.4. The molecule has 0 bridgehead atoms. The molecule has 5 nitrogen and oxygen atoms in total. The van der Waals surface area contributed by atoms with Gasteiger partial charge in [0, 0.05) is 22.5 Å². The summed E-state index contributed by atoms with van der Waals surface area (Å²) in [6.45, 7) is 5.46. The zero-order valence-electron chi connectivity index (χ0n) is 13.7. The number of aromatic nitrogens is 3. The Hall–Kier alpha value is -3.08. The first-order valence-electron chi connectivity index (χ1n) is 7.58. The smallest absolute Gasteiger partial charge is 0.356 e. The number of benzene rings is 1. The Morgan fingerprint density at radius 1 is 0.833 bits per heavy atom. The molecule has 0 unspecified atom stereocenters. The molecule has 0 aliphatic carbocycles. The molecule has 0 saturated carbocycles. The fraction of sp³-hybridized carbons (Fsp3) is 0.158. The molecule has 1 aromatic carbocycles. The van der Waals surface area contributed by atoms with Gasteiger partial charge in [-0.05, 0) is 32.9 Å². The number of nitrogens with zero attached hydrogens (tertiary/aromatic N) is 3. The average Bonchev–Trinajstić information content (AvgIpc) is 2.54. The molecule has 5 heteroatoms. The predicted octanol–water partition coefficient (Wildman–Crippen LogP) is 3.83. The maximum Gasteiger partial charge on any atom is 0.356 e. The van der Waals surface area contributed by atoms with E-state index in [0.29, 0.717) is 17.1 Å². The summed E-state index contributed by atoms with van der Waals surface area (Å²) >= 11 is 0. The number of rotatable bonds is 3.